The van der Waals surface area contributed by atoms with Crippen molar-refractivity contribution in [1.29, 1.82) is 0 Å². The second-order valence-electron chi connectivity index (χ2n) is 3.71. The maximum absolute atomic E-state index is 9.98. The minimum Gasteiger partial charge on any atom is -0.548 e. The van der Waals surface area contributed by atoms with Crippen molar-refractivity contribution in [3.05, 3.63) is 0 Å². The topological polar surface area (TPSA) is 67.8 Å². The van der Waals surface area contributed by atoms with Crippen LogP contribution in [0.25, 0.3) is 0 Å². The first-order chi connectivity index (χ1) is 8.27. The van der Waals surface area contributed by atoms with E-state index in [0.29, 0.717) is 19.8 Å². The molecule has 102 valence electrons. The van der Waals surface area contributed by atoms with E-state index < -0.39 is 5.97 Å². The molecule has 0 fully saturated rings. The van der Waals surface area contributed by atoms with Crippen LogP contribution in [-0.2, 0) is 19.0 Å². The summed E-state index contributed by atoms with van der Waals surface area (Å²) < 4.78 is 15.3. The number of aliphatic carboxylic acids is 1. The van der Waals surface area contributed by atoms with Crippen molar-refractivity contribution < 1.29 is 53.7 Å². The van der Waals surface area contributed by atoms with Crippen molar-refractivity contribution in [2.45, 2.75) is 32.6 Å². The Bertz CT molecular complexity index is 178. The van der Waals surface area contributed by atoms with Crippen LogP contribution in [0.2, 0.25) is 0 Å². The summed E-state index contributed by atoms with van der Waals surface area (Å²) in [5.74, 6) is -1.21. The van der Waals surface area contributed by atoms with E-state index in [0.717, 1.165) is 13.0 Å². The van der Waals surface area contributed by atoms with Crippen molar-refractivity contribution in [1.82, 2.24) is 0 Å². The summed E-state index contributed by atoms with van der Waals surface area (Å²) in [5, 5.41) is 9.98. The van der Waals surface area contributed by atoms with Crippen LogP contribution in [0, 0.1) is 0 Å². The molecule has 0 N–H and O–H groups in total. The summed E-state index contributed by atoms with van der Waals surface area (Å²) in [6.07, 6.45) is 4.81. The summed E-state index contributed by atoms with van der Waals surface area (Å²) in [6.45, 7) is 4.32. The smallest absolute Gasteiger partial charge is 0.548 e. The van der Waals surface area contributed by atoms with Gasteiger partial charge in [0.25, 0.3) is 0 Å². The molecule has 0 aliphatic carbocycles. The molecule has 0 saturated carbocycles. The van der Waals surface area contributed by atoms with Crippen LogP contribution < -0.4 is 34.7 Å². The SMILES string of the molecule is CCCCCCOCCOCCOCC(=O)[O-].[Na+]. The predicted octanol–water partition coefficient (Wildman–Crippen LogP) is -2.63. The first-order valence-corrected chi connectivity index (χ1v) is 6.20. The molecule has 0 aromatic carbocycles. The molecule has 6 heteroatoms. The second-order valence-corrected chi connectivity index (χ2v) is 3.71. The summed E-state index contributed by atoms with van der Waals surface area (Å²) in [4.78, 5) is 9.98. The van der Waals surface area contributed by atoms with Crippen LogP contribution in [0.5, 0.6) is 0 Å². The fraction of sp³-hybridized carbons (Fsp3) is 0.917. The molecule has 0 spiro atoms. The minimum atomic E-state index is -1.21. The molecule has 0 aliphatic heterocycles. The second kappa shape index (κ2) is 17.4. The van der Waals surface area contributed by atoms with Gasteiger partial charge in [-0.1, -0.05) is 26.2 Å². The number of hydrogen-bond donors (Lipinski definition) is 0. The van der Waals surface area contributed by atoms with Crippen LogP contribution in [0.4, 0.5) is 0 Å². The van der Waals surface area contributed by atoms with Gasteiger partial charge in [0, 0.05) is 6.61 Å². The van der Waals surface area contributed by atoms with Crippen molar-refractivity contribution in [3.8, 4) is 0 Å². The number of ether oxygens (including phenoxy) is 3. The Morgan fingerprint density at radius 1 is 0.889 bits per heavy atom. The molecule has 0 atom stereocenters. The average Bonchev–Trinajstić information content (AvgIpc) is 2.30. The third-order valence-electron chi connectivity index (χ3n) is 2.11. The van der Waals surface area contributed by atoms with Gasteiger partial charge < -0.3 is 24.1 Å². The molecular weight excluding hydrogens is 247 g/mol. The third kappa shape index (κ3) is 18.7. The zero-order valence-electron chi connectivity index (χ0n) is 11.6. The van der Waals surface area contributed by atoms with Crippen molar-refractivity contribution >= 4 is 5.97 Å². The number of unbranched alkanes of at least 4 members (excludes halogenated alkanes) is 3. The van der Waals surface area contributed by atoms with Gasteiger partial charge in [-0.25, -0.2) is 0 Å². The molecule has 0 aliphatic rings. The van der Waals surface area contributed by atoms with E-state index in [4.69, 9.17) is 14.2 Å². The molecule has 0 aromatic heterocycles. The number of hydrogen-bond acceptors (Lipinski definition) is 5. The molecule has 0 heterocycles. The van der Waals surface area contributed by atoms with Gasteiger partial charge in [-0.15, -0.1) is 0 Å². The molecule has 0 rings (SSSR count). The largest absolute Gasteiger partial charge is 1.00 e. The number of carboxylic acids is 1. The van der Waals surface area contributed by atoms with Gasteiger partial charge in [-0.05, 0) is 6.42 Å². The van der Waals surface area contributed by atoms with E-state index in [2.05, 4.69) is 6.92 Å². The van der Waals surface area contributed by atoms with Gasteiger partial charge in [0.2, 0.25) is 0 Å². The monoisotopic (exact) mass is 270 g/mol. The fourth-order valence-corrected chi connectivity index (χ4v) is 1.23. The molecular formula is C12H23NaO5. The van der Waals surface area contributed by atoms with Gasteiger partial charge in [-0.2, -0.15) is 0 Å². The first-order valence-electron chi connectivity index (χ1n) is 6.20. The standard InChI is InChI=1S/C12H24O5.Na/c1-2-3-4-5-6-15-7-8-16-9-10-17-11-12(13)14;/h2-11H2,1H3,(H,13,14);/q;+1/p-1. The molecule has 5 nitrogen and oxygen atoms in total. The maximum atomic E-state index is 9.98. The van der Waals surface area contributed by atoms with Gasteiger partial charge in [0.15, 0.2) is 0 Å². The third-order valence-corrected chi connectivity index (χ3v) is 2.11. The first kappa shape index (κ1) is 20.7. The van der Waals surface area contributed by atoms with Crippen molar-refractivity contribution in [2.24, 2.45) is 0 Å². The van der Waals surface area contributed by atoms with Crippen molar-refractivity contribution in [3.63, 3.8) is 0 Å². The van der Waals surface area contributed by atoms with Crippen LogP contribution in [0.3, 0.4) is 0 Å². The normalized spacial score (nSPS) is 10.1. The summed E-state index contributed by atoms with van der Waals surface area (Å²) in [5.41, 5.74) is 0. The average molecular weight is 270 g/mol. The summed E-state index contributed by atoms with van der Waals surface area (Å²) in [7, 11) is 0. The van der Waals surface area contributed by atoms with Crippen molar-refractivity contribution in [2.75, 3.05) is 39.6 Å². The quantitative estimate of drug-likeness (QED) is 0.270. The van der Waals surface area contributed by atoms with Gasteiger partial charge in [0.05, 0.1) is 39.0 Å². The van der Waals surface area contributed by atoms with Gasteiger partial charge in [-0.3, -0.25) is 0 Å². The molecule has 0 radical (unpaired) electrons. The Morgan fingerprint density at radius 2 is 1.44 bits per heavy atom. The molecule has 0 amide bonds. The van der Waals surface area contributed by atoms with E-state index in [1.807, 2.05) is 0 Å². The Balaban J connectivity index is 0. The van der Waals surface area contributed by atoms with Crippen LogP contribution >= 0.6 is 0 Å². The van der Waals surface area contributed by atoms with E-state index >= 15 is 0 Å². The molecule has 0 saturated heterocycles. The van der Waals surface area contributed by atoms with E-state index in [-0.39, 0.29) is 42.8 Å². The molecule has 18 heavy (non-hydrogen) atoms. The summed E-state index contributed by atoms with van der Waals surface area (Å²) >= 11 is 0. The van der Waals surface area contributed by atoms with E-state index in [9.17, 15) is 9.90 Å². The van der Waals surface area contributed by atoms with E-state index in [1.165, 1.54) is 19.3 Å². The molecule has 0 unspecified atom stereocenters. The van der Waals surface area contributed by atoms with Crippen LogP contribution in [-0.4, -0.2) is 45.6 Å². The Hall–Kier alpha value is 0.350. The fourth-order valence-electron chi connectivity index (χ4n) is 1.23. The van der Waals surface area contributed by atoms with E-state index in [1.54, 1.807) is 0 Å². The number of rotatable bonds is 13. The minimum absolute atomic E-state index is 0. The zero-order valence-corrected chi connectivity index (χ0v) is 13.6. The number of carboxylic acid groups (broad SMARTS) is 1. The Morgan fingerprint density at radius 3 is 2.00 bits per heavy atom. The molecule has 0 aromatic rings. The van der Waals surface area contributed by atoms with Gasteiger partial charge >= 0.3 is 29.6 Å². The van der Waals surface area contributed by atoms with Crippen LogP contribution in [0.15, 0.2) is 0 Å². The predicted molar refractivity (Wildman–Crippen MR) is 61.6 cm³/mol. The Kier molecular flexibility index (Phi) is 19.9. The zero-order chi connectivity index (χ0) is 12.8. The van der Waals surface area contributed by atoms with Gasteiger partial charge in [0.1, 0.15) is 0 Å². The maximum Gasteiger partial charge on any atom is 1.00 e. The molecule has 0 bridgehead atoms. The number of carbonyl (C=O) groups is 1. The summed E-state index contributed by atoms with van der Waals surface area (Å²) in [6, 6.07) is 0. The number of carbonyl (C=O) groups excluding carboxylic acids is 1. The van der Waals surface area contributed by atoms with Crippen LogP contribution in [0.1, 0.15) is 32.6 Å². The Labute approximate surface area is 131 Å².